The Bertz CT molecular complexity index is 3250. The largest absolute Gasteiger partial charge is 0.458 e. The average molecular weight is 759 g/mol. The minimum absolute atomic E-state index is 0.106. The molecule has 2 aromatic heterocycles. The number of fused-ring (bicyclic) bond motifs is 9. The third kappa shape index (κ3) is 5.17. The normalized spacial score (nSPS) is 13.6. The molecule has 0 N–H and O–H groups in total. The summed E-state index contributed by atoms with van der Waals surface area (Å²) >= 11 is 0. The first-order valence-corrected chi connectivity index (χ1v) is 20.0. The van der Waals surface area contributed by atoms with Gasteiger partial charge in [-0.25, -0.2) is 0 Å². The first-order chi connectivity index (χ1) is 27.4. The van der Waals surface area contributed by atoms with Crippen molar-refractivity contribution in [1.29, 1.82) is 5.26 Å². The third-order valence-electron chi connectivity index (χ3n) is 12.3. The SMILES string of the molecule is CC(C)(C)c1ccc2c(c1)B1c3cc(C(C)(C)C)ccc3Oc3c1c(cc1c3c(=O)c3cc(-c4ccc(C#N)cc4)cc4c(=O)c5cc(C(C)(C)C)ccc5n1c43)O2. The summed E-state index contributed by atoms with van der Waals surface area (Å²) in [4.78, 5) is 30.2. The van der Waals surface area contributed by atoms with Gasteiger partial charge in [0.05, 0.1) is 33.6 Å². The maximum atomic E-state index is 15.5. The third-order valence-corrected chi connectivity index (χ3v) is 12.3. The molecule has 10 rings (SSSR count). The molecule has 58 heavy (non-hydrogen) atoms. The Kier molecular flexibility index (Phi) is 7.34. The molecule has 8 aromatic rings. The molecule has 2 aliphatic heterocycles. The Morgan fingerprint density at radius 3 is 1.69 bits per heavy atom. The molecule has 0 radical (unpaired) electrons. The summed E-state index contributed by atoms with van der Waals surface area (Å²) in [6.07, 6.45) is 0. The van der Waals surface area contributed by atoms with E-state index in [0.717, 1.165) is 38.8 Å². The molecule has 0 fully saturated rings. The Hall–Kier alpha value is -6.39. The number of hydrogen-bond donors (Lipinski definition) is 0. The average Bonchev–Trinajstić information content (AvgIpc) is 3.18. The van der Waals surface area contributed by atoms with Gasteiger partial charge in [0.15, 0.2) is 5.43 Å². The summed E-state index contributed by atoms with van der Waals surface area (Å²) in [5, 5.41) is 11.4. The van der Waals surface area contributed by atoms with Gasteiger partial charge in [-0.1, -0.05) is 105 Å². The Labute approximate surface area is 337 Å². The lowest BCUT2D eigenvalue weighted by molar-refractivity contribution is 0.467. The highest BCUT2D eigenvalue weighted by atomic mass is 16.5. The van der Waals surface area contributed by atoms with E-state index in [-0.39, 0.29) is 33.8 Å². The predicted molar refractivity (Wildman–Crippen MR) is 238 cm³/mol. The van der Waals surface area contributed by atoms with Crippen LogP contribution in [0.15, 0.2) is 107 Å². The second kappa shape index (κ2) is 11.8. The molecular weight excluding hydrogens is 715 g/mol. The maximum Gasteiger partial charge on any atom is 0.260 e. The summed E-state index contributed by atoms with van der Waals surface area (Å²) in [6, 6.07) is 34.2. The van der Waals surface area contributed by atoms with Crippen molar-refractivity contribution < 1.29 is 9.47 Å². The van der Waals surface area contributed by atoms with Crippen LogP contribution in [-0.4, -0.2) is 11.1 Å². The van der Waals surface area contributed by atoms with E-state index < -0.39 is 0 Å². The van der Waals surface area contributed by atoms with Gasteiger partial charge in [-0.15, -0.1) is 0 Å². The highest BCUT2D eigenvalue weighted by Crippen LogP contribution is 2.42. The Morgan fingerprint density at radius 2 is 1.10 bits per heavy atom. The lowest BCUT2D eigenvalue weighted by Gasteiger charge is -2.35. The van der Waals surface area contributed by atoms with Gasteiger partial charge in [0.25, 0.3) is 6.71 Å². The van der Waals surface area contributed by atoms with E-state index in [9.17, 15) is 10.1 Å². The molecule has 0 unspecified atom stereocenters. The predicted octanol–water partition coefficient (Wildman–Crippen LogP) is 9.72. The van der Waals surface area contributed by atoms with Crippen molar-refractivity contribution in [2.24, 2.45) is 0 Å². The second-order valence-electron chi connectivity index (χ2n) is 19.2. The highest BCUT2D eigenvalue weighted by molar-refractivity contribution is 6.98. The number of nitrogens with zero attached hydrogens (tertiary/aromatic N) is 2. The van der Waals surface area contributed by atoms with Crippen molar-refractivity contribution in [3.05, 3.63) is 140 Å². The molecule has 6 aromatic carbocycles. The Morgan fingerprint density at radius 1 is 0.552 bits per heavy atom. The van der Waals surface area contributed by atoms with Crippen LogP contribution in [0, 0.1) is 11.3 Å². The monoisotopic (exact) mass is 758 g/mol. The van der Waals surface area contributed by atoms with Gasteiger partial charge in [0.2, 0.25) is 5.43 Å². The Balaban J connectivity index is 1.38. The van der Waals surface area contributed by atoms with Gasteiger partial charge < -0.3 is 13.9 Å². The smallest absolute Gasteiger partial charge is 0.260 e. The maximum absolute atomic E-state index is 15.5. The van der Waals surface area contributed by atoms with Crippen LogP contribution in [0.1, 0.15) is 84.6 Å². The molecule has 0 spiro atoms. The van der Waals surface area contributed by atoms with Gasteiger partial charge in [0, 0.05) is 27.7 Å². The van der Waals surface area contributed by atoms with E-state index >= 15 is 4.79 Å². The van der Waals surface area contributed by atoms with Crippen molar-refractivity contribution in [3.8, 4) is 40.2 Å². The van der Waals surface area contributed by atoms with Crippen LogP contribution in [0.2, 0.25) is 0 Å². The molecule has 0 bridgehead atoms. The zero-order valence-corrected chi connectivity index (χ0v) is 34.3. The molecule has 2 aliphatic rings. The van der Waals surface area contributed by atoms with Gasteiger partial charge in [-0.3, -0.25) is 9.59 Å². The van der Waals surface area contributed by atoms with Crippen molar-refractivity contribution in [1.82, 2.24) is 4.40 Å². The highest BCUT2D eigenvalue weighted by Gasteiger charge is 2.43. The number of benzene rings is 6. The molecular formula is C51H43BN2O4. The molecule has 0 saturated carbocycles. The fourth-order valence-electron chi connectivity index (χ4n) is 9.03. The van der Waals surface area contributed by atoms with E-state index in [1.54, 1.807) is 12.1 Å². The second-order valence-corrected chi connectivity index (χ2v) is 19.2. The topological polar surface area (TPSA) is 80.8 Å². The van der Waals surface area contributed by atoms with E-state index in [0.29, 0.717) is 60.9 Å². The summed E-state index contributed by atoms with van der Waals surface area (Å²) in [7, 11) is 0. The van der Waals surface area contributed by atoms with Crippen molar-refractivity contribution in [2.75, 3.05) is 0 Å². The van der Waals surface area contributed by atoms with Crippen LogP contribution in [0.4, 0.5) is 0 Å². The molecule has 0 amide bonds. The van der Waals surface area contributed by atoms with E-state index in [1.807, 2.05) is 48.5 Å². The van der Waals surface area contributed by atoms with Crippen molar-refractivity contribution >= 4 is 61.2 Å². The van der Waals surface area contributed by atoms with Crippen molar-refractivity contribution in [2.45, 2.75) is 78.6 Å². The fourth-order valence-corrected chi connectivity index (χ4v) is 9.03. The molecule has 6 nitrogen and oxygen atoms in total. The number of rotatable bonds is 1. The minimum atomic E-state index is -0.258. The van der Waals surface area contributed by atoms with Crippen LogP contribution < -0.4 is 36.7 Å². The van der Waals surface area contributed by atoms with Gasteiger partial charge >= 0.3 is 0 Å². The quantitative estimate of drug-likeness (QED) is 0.0947. The zero-order valence-electron chi connectivity index (χ0n) is 34.3. The lowest BCUT2D eigenvalue weighted by atomic mass is 9.34. The fraction of sp³-hybridized carbons (Fsp3) is 0.235. The first-order valence-electron chi connectivity index (χ1n) is 20.0. The van der Waals surface area contributed by atoms with Crippen LogP contribution in [0.3, 0.4) is 0 Å². The van der Waals surface area contributed by atoms with Gasteiger partial charge in [0.1, 0.15) is 23.0 Å². The van der Waals surface area contributed by atoms with Crippen LogP contribution in [-0.2, 0) is 16.2 Å². The van der Waals surface area contributed by atoms with E-state index in [4.69, 9.17) is 9.47 Å². The van der Waals surface area contributed by atoms with Gasteiger partial charge in [-0.05, 0) is 104 Å². The number of pyridine rings is 2. The standard InChI is InChI=1S/C51H43BN2O4/c1-49(2,3)30-14-17-38-33(22-30)46(55)34-20-29(28-12-10-27(26-53)11-13-28)21-35-45(34)54(38)39-25-42-44-48(43(39)47(35)56)58-41-19-16-32(51(7,8)9)24-37(41)52(44)36-23-31(50(4,5)6)15-18-40(36)57-42/h10-25H,1-9H3. The van der Waals surface area contributed by atoms with Crippen LogP contribution >= 0.6 is 0 Å². The molecule has 0 aliphatic carbocycles. The van der Waals surface area contributed by atoms with Crippen molar-refractivity contribution in [3.63, 3.8) is 0 Å². The van der Waals surface area contributed by atoms with Crippen LogP contribution in [0.25, 0.3) is 49.2 Å². The lowest BCUT2D eigenvalue weighted by Crippen LogP contribution is -2.58. The molecule has 284 valence electrons. The molecule has 0 atom stereocenters. The molecule has 4 heterocycles. The number of hydrogen-bond acceptors (Lipinski definition) is 5. The zero-order chi connectivity index (χ0) is 40.8. The van der Waals surface area contributed by atoms with E-state index in [1.165, 1.54) is 11.1 Å². The number of nitriles is 1. The summed E-state index contributed by atoms with van der Waals surface area (Å²) in [5.41, 5.74) is 9.45. The summed E-state index contributed by atoms with van der Waals surface area (Å²) in [5.74, 6) is 2.57. The molecule has 0 saturated heterocycles. The van der Waals surface area contributed by atoms with Gasteiger partial charge in [-0.2, -0.15) is 5.26 Å². The molecule has 7 heteroatoms. The first kappa shape index (κ1) is 36.0. The summed E-state index contributed by atoms with van der Waals surface area (Å²) < 4.78 is 16.0. The summed E-state index contributed by atoms with van der Waals surface area (Å²) in [6.45, 7) is 19.4. The minimum Gasteiger partial charge on any atom is -0.458 e. The number of aromatic nitrogens is 1. The van der Waals surface area contributed by atoms with E-state index in [2.05, 4.69) is 109 Å². The number of ether oxygens (including phenoxy) is 2. The van der Waals surface area contributed by atoms with Crippen LogP contribution in [0.5, 0.6) is 23.0 Å².